The summed E-state index contributed by atoms with van der Waals surface area (Å²) < 4.78 is 0. The van der Waals surface area contributed by atoms with Crippen molar-refractivity contribution in [2.24, 2.45) is 5.41 Å². The zero-order chi connectivity index (χ0) is 14.3. The lowest BCUT2D eigenvalue weighted by atomic mass is 9.87. The van der Waals surface area contributed by atoms with Crippen molar-refractivity contribution in [3.63, 3.8) is 0 Å². The molecule has 2 unspecified atom stereocenters. The molecule has 108 valence electrons. The summed E-state index contributed by atoms with van der Waals surface area (Å²) in [7, 11) is 2.08. The predicted octanol–water partition coefficient (Wildman–Crippen LogP) is 3.74. The molecule has 0 spiro atoms. The molecule has 3 rings (SSSR count). The van der Waals surface area contributed by atoms with Gasteiger partial charge in [0.1, 0.15) is 0 Å². The highest BCUT2D eigenvalue weighted by molar-refractivity contribution is 7.99. The monoisotopic (exact) mass is 289 g/mol. The van der Waals surface area contributed by atoms with Crippen LogP contribution in [0.2, 0.25) is 0 Å². The van der Waals surface area contributed by atoms with Gasteiger partial charge in [0.15, 0.2) is 5.16 Å². The fourth-order valence-electron chi connectivity index (χ4n) is 3.34. The summed E-state index contributed by atoms with van der Waals surface area (Å²) in [4.78, 5) is 8.17. The third-order valence-corrected chi connectivity index (χ3v) is 5.70. The SMILES string of the molecule is CNC1C(Sc2nc3ccc(C)cc3[nH]2)CCC1(C)C. The molecule has 1 aromatic carbocycles. The second-order valence-corrected chi connectivity index (χ2v) is 7.74. The smallest absolute Gasteiger partial charge is 0.166 e. The van der Waals surface area contributed by atoms with Gasteiger partial charge in [-0.15, -0.1) is 0 Å². The van der Waals surface area contributed by atoms with Crippen LogP contribution in [0.15, 0.2) is 23.4 Å². The zero-order valence-electron chi connectivity index (χ0n) is 12.7. The fraction of sp³-hybridized carbons (Fsp3) is 0.562. The third kappa shape index (κ3) is 2.47. The maximum atomic E-state index is 4.71. The Hall–Kier alpha value is -1.00. The minimum atomic E-state index is 0.370. The summed E-state index contributed by atoms with van der Waals surface area (Å²) >= 11 is 1.89. The summed E-state index contributed by atoms with van der Waals surface area (Å²) in [5.74, 6) is 0. The van der Waals surface area contributed by atoms with E-state index in [1.807, 2.05) is 11.8 Å². The van der Waals surface area contributed by atoms with E-state index in [1.54, 1.807) is 0 Å². The summed E-state index contributed by atoms with van der Waals surface area (Å²) in [5.41, 5.74) is 3.85. The number of H-pyrrole nitrogens is 1. The quantitative estimate of drug-likeness (QED) is 0.904. The average molecular weight is 289 g/mol. The van der Waals surface area contributed by atoms with Crippen LogP contribution in [0, 0.1) is 12.3 Å². The molecule has 2 N–H and O–H groups in total. The largest absolute Gasteiger partial charge is 0.333 e. The number of aromatic nitrogens is 2. The lowest BCUT2D eigenvalue weighted by molar-refractivity contribution is 0.300. The van der Waals surface area contributed by atoms with Crippen molar-refractivity contribution in [1.82, 2.24) is 15.3 Å². The molecule has 2 aromatic rings. The number of hydrogen-bond acceptors (Lipinski definition) is 3. The molecule has 1 saturated carbocycles. The van der Waals surface area contributed by atoms with Gasteiger partial charge in [-0.25, -0.2) is 4.98 Å². The molecule has 1 heterocycles. The Morgan fingerprint density at radius 1 is 1.40 bits per heavy atom. The summed E-state index contributed by atoms with van der Waals surface area (Å²) in [6.45, 7) is 6.83. The Bertz CT molecular complexity index is 617. The van der Waals surface area contributed by atoms with Gasteiger partial charge >= 0.3 is 0 Å². The molecular formula is C16H23N3S. The first-order valence-corrected chi connectivity index (χ1v) is 8.18. The van der Waals surface area contributed by atoms with Crippen molar-refractivity contribution in [2.75, 3.05) is 7.05 Å². The Morgan fingerprint density at radius 3 is 2.95 bits per heavy atom. The number of benzene rings is 1. The standard InChI is InChI=1S/C16H23N3S/c1-10-5-6-11-12(9-10)19-15(18-11)20-13-7-8-16(2,3)14(13)17-4/h5-6,9,13-14,17H,7-8H2,1-4H3,(H,18,19). The molecule has 0 amide bonds. The van der Waals surface area contributed by atoms with Gasteiger partial charge in [0.25, 0.3) is 0 Å². The van der Waals surface area contributed by atoms with Crippen LogP contribution in [0.3, 0.4) is 0 Å². The first kappa shape index (κ1) is 14.0. The lowest BCUT2D eigenvalue weighted by Gasteiger charge is -2.29. The van der Waals surface area contributed by atoms with E-state index in [0.717, 1.165) is 16.2 Å². The van der Waals surface area contributed by atoms with Gasteiger partial charge in [0.05, 0.1) is 11.0 Å². The van der Waals surface area contributed by atoms with Gasteiger partial charge in [-0.1, -0.05) is 31.7 Å². The molecule has 3 nitrogen and oxygen atoms in total. The van der Waals surface area contributed by atoms with Crippen molar-refractivity contribution in [3.05, 3.63) is 23.8 Å². The molecule has 2 atom stereocenters. The minimum absolute atomic E-state index is 0.370. The Labute approximate surface area is 124 Å². The number of aromatic amines is 1. The molecule has 1 fully saturated rings. The van der Waals surface area contributed by atoms with E-state index < -0.39 is 0 Å². The van der Waals surface area contributed by atoms with Crippen molar-refractivity contribution < 1.29 is 0 Å². The number of thioether (sulfide) groups is 1. The van der Waals surface area contributed by atoms with Crippen LogP contribution < -0.4 is 5.32 Å². The predicted molar refractivity (Wildman–Crippen MR) is 86.3 cm³/mol. The van der Waals surface area contributed by atoms with E-state index in [9.17, 15) is 0 Å². The second-order valence-electron chi connectivity index (χ2n) is 6.51. The average Bonchev–Trinajstić information content (AvgIpc) is 2.89. The van der Waals surface area contributed by atoms with E-state index in [1.165, 1.54) is 18.4 Å². The first-order valence-electron chi connectivity index (χ1n) is 7.30. The van der Waals surface area contributed by atoms with Gasteiger partial charge in [-0.2, -0.15) is 0 Å². The number of hydrogen-bond donors (Lipinski definition) is 2. The summed E-state index contributed by atoms with van der Waals surface area (Å²) in [6.07, 6.45) is 2.52. The highest BCUT2D eigenvalue weighted by Crippen LogP contribution is 2.44. The highest BCUT2D eigenvalue weighted by atomic mass is 32.2. The van der Waals surface area contributed by atoms with E-state index in [2.05, 4.69) is 56.3 Å². The van der Waals surface area contributed by atoms with Crippen LogP contribution in [0.4, 0.5) is 0 Å². The molecule has 20 heavy (non-hydrogen) atoms. The number of aryl methyl sites for hydroxylation is 1. The maximum Gasteiger partial charge on any atom is 0.166 e. The molecule has 0 bridgehead atoms. The van der Waals surface area contributed by atoms with Gasteiger partial charge < -0.3 is 10.3 Å². The van der Waals surface area contributed by atoms with Gasteiger partial charge in [0.2, 0.25) is 0 Å². The Morgan fingerprint density at radius 2 is 2.20 bits per heavy atom. The number of fused-ring (bicyclic) bond motifs is 1. The van der Waals surface area contributed by atoms with Crippen molar-refractivity contribution >= 4 is 22.8 Å². The molecule has 0 radical (unpaired) electrons. The molecule has 1 aromatic heterocycles. The van der Waals surface area contributed by atoms with Crippen molar-refractivity contribution in [2.45, 2.75) is 50.1 Å². The molecule has 4 heteroatoms. The highest BCUT2D eigenvalue weighted by Gasteiger charge is 2.41. The Balaban J connectivity index is 1.83. The lowest BCUT2D eigenvalue weighted by Crippen LogP contribution is -2.41. The van der Waals surface area contributed by atoms with Crippen LogP contribution in [-0.2, 0) is 0 Å². The zero-order valence-corrected chi connectivity index (χ0v) is 13.5. The number of imidazole rings is 1. The van der Waals surface area contributed by atoms with Crippen LogP contribution in [0.5, 0.6) is 0 Å². The summed E-state index contributed by atoms with van der Waals surface area (Å²) in [5, 5.41) is 5.15. The molecule has 0 aliphatic heterocycles. The van der Waals surface area contributed by atoms with Crippen LogP contribution in [-0.4, -0.2) is 28.3 Å². The van der Waals surface area contributed by atoms with E-state index >= 15 is 0 Å². The maximum absolute atomic E-state index is 4.71. The fourth-order valence-corrected chi connectivity index (χ4v) is 4.83. The number of rotatable bonds is 3. The topological polar surface area (TPSA) is 40.7 Å². The molecular weight excluding hydrogens is 266 g/mol. The van der Waals surface area contributed by atoms with Gasteiger partial charge in [0, 0.05) is 11.3 Å². The van der Waals surface area contributed by atoms with E-state index in [4.69, 9.17) is 4.98 Å². The minimum Gasteiger partial charge on any atom is -0.333 e. The number of nitrogens with zero attached hydrogens (tertiary/aromatic N) is 1. The van der Waals surface area contributed by atoms with Crippen LogP contribution in [0.25, 0.3) is 11.0 Å². The van der Waals surface area contributed by atoms with Crippen LogP contribution in [0.1, 0.15) is 32.3 Å². The Kier molecular flexibility index (Phi) is 3.55. The molecule has 0 saturated heterocycles. The summed E-state index contributed by atoms with van der Waals surface area (Å²) in [6, 6.07) is 6.93. The van der Waals surface area contributed by atoms with Gasteiger partial charge in [-0.05, 0) is 49.9 Å². The third-order valence-electron chi connectivity index (χ3n) is 4.48. The van der Waals surface area contributed by atoms with Crippen molar-refractivity contribution in [3.8, 4) is 0 Å². The first-order chi connectivity index (χ1) is 9.49. The second kappa shape index (κ2) is 5.08. The van der Waals surface area contributed by atoms with E-state index in [0.29, 0.717) is 16.7 Å². The van der Waals surface area contributed by atoms with Crippen molar-refractivity contribution in [1.29, 1.82) is 0 Å². The van der Waals surface area contributed by atoms with Crippen LogP contribution >= 0.6 is 11.8 Å². The van der Waals surface area contributed by atoms with E-state index in [-0.39, 0.29) is 0 Å². The normalized spacial score (nSPS) is 25.4. The number of nitrogens with one attached hydrogen (secondary N) is 2. The molecule has 1 aliphatic rings. The molecule has 1 aliphatic carbocycles. The van der Waals surface area contributed by atoms with Gasteiger partial charge in [-0.3, -0.25) is 0 Å².